The minimum Gasteiger partial charge on any atom is -0.494 e. The van der Waals surface area contributed by atoms with E-state index in [4.69, 9.17) is 21.1 Å². The van der Waals surface area contributed by atoms with E-state index in [1.54, 1.807) is 12.1 Å². The summed E-state index contributed by atoms with van der Waals surface area (Å²) in [6, 6.07) is 12.5. The van der Waals surface area contributed by atoms with Gasteiger partial charge in [0.1, 0.15) is 11.4 Å². The zero-order valence-corrected chi connectivity index (χ0v) is 17.7. The Bertz CT molecular complexity index is 1010. The van der Waals surface area contributed by atoms with E-state index in [-0.39, 0.29) is 11.8 Å². The summed E-state index contributed by atoms with van der Waals surface area (Å²) in [6.45, 7) is 6.46. The predicted octanol–water partition coefficient (Wildman–Crippen LogP) is 3.66. The van der Waals surface area contributed by atoms with E-state index in [2.05, 4.69) is 0 Å². The van der Waals surface area contributed by atoms with Gasteiger partial charge in [0, 0.05) is 18.1 Å². The van der Waals surface area contributed by atoms with Crippen molar-refractivity contribution in [3.05, 3.63) is 64.3 Å². The summed E-state index contributed by atoms with van der Waals surface area (Å²) < 4.78 is 11.0. The highest BCUT2D eigenvalue weighted by atomic mass is 35.5. The molecule has 156 valence electrons. The first-order chi connectivity index (χ1) is 14.5. The third-order valence-corrected chi connectivity index (χ3v) is 5.49. The number of amides is 2. The Labute approximate surface area is 180 Å². The molecule has 2 aliphatic rings. The first-order valence-electron chi connectivity index (χ1n) is 9.96. The van der Waals surface area contributed by atoms with Crippen molar-refractivity contribution < 1.29 is 19.1 Å². The molecule has 6 nitrogen and oxygen atoms in total. The zero-order valence-electron chi connectivity index (χ0n) is 17.0. The summed E-state index contributed by atoms with van der Waals surface area (Å²) in [5.41, 5.74) is 2.79. The molecule has 0 N–H and O–H groups in total. The van der Waals surface area contributed by atoms with Crippen molar-refractivity contribution in [1.29, 1.82) is 0 Å². The third kappa shape index (κ3) is 3.68. The van der Waals surface area contributed by atoms with E-state index in [0.29, 0.717) is 66.2 Å². The maximum atomic E-state index is 13.6. The van der Waals surface area contributed by atoms with E-state index in [1.165, 1.54) is 4.90 Å². The molecule has 0 bridgehead atoms. The van der Waals surface area contributed by atoms with Gasteiger partial charge >= 0.3 is 0 Å². The summed E-state index contributed by atoms with van der Waals surface area (Å²) in [5.74, 6) is 0.0289. The number of ether oxygens (including phenoxy) is 2. The molecule has 0 saturated carbocycles. The number of benzene rings is 2. The van der Waals surface area contributed by atoms with E-state index in [1.807, 2.05) is 49.1 Å². The van der Waals surface area contributed by atoms with Gasteiger partial charge in [0.15, 0.2) is 0 Å². The van der Waals surface area contributed by atoms with Gasteiger partial charge in [-0.3, -0.25) is 9.59 Å². The lowest BCUT2D eigenvalue weighted by Crippen LogP contribution is -2.40. The second-order valence-electron chi connectivity index (χ2n) is 7.16. The number of nitrogens with zero attached hydrogens (tertiary/aromatic N) is 2. The van der Waals surface area contributed by atoms with Gasteiger partial charge in [-0.2, -0.15) is 0 Å². The van der Waals surface area contributed by atoms with E-state index in [9.17, 15) is 9.59 Å². The van der Waals surface area contributed by atoms with Crippen LogP contribution in [0.15, 0.2) is 48.2 Å². The number of halogens is 1. The Balaban J connectivity index is 1.81. The average molecular weight is 427 g/mol. The molecule has 0 atom stereocenters. The Morgan fingerprint density at radius 2 is 1.73 bits per heavy atom. The van der Waals surface area contributed by atoms with Crippen molar-refractivity contribution in [1.82, 2.24) is 4.90 Å². The van der Waals surface area contributed by atoms with Gasteiger partial charge in [-0.25, -0.2) is 4.90 Å². The second kappa shape index (κ2) is 8.50. The molecule has 2 amide bonds. The standard InChI is InChI=1S/C23H23ClN2O4/c1-3-30-18-8-5-16(6-9-18)20-21(25-10-12-29-13-11-25)23(28)26(22(20)27)19-14-17(24)7-4-15(19)2/h4-9,14H,3,10-13H2,1-2H3. The van der Waals surface area contributed by atoms with Crippen LogP contribution in [0, 0.1) is 6.92 Å². The molecular weight excluding hydrogens is 404 g/mol. The highest BCUT2D eigenvalue weighted by molar-refractivity contribution is 6.45. The largest absolute Gasteiger partial charge is 0.494 e. The molecule has 7 heteroatoms. The number of anilines is 1. The van der Waals surface area contributed by atoms with Crippen LogP contribution in [0.3, 0.4) is 0 Å². The topological polar surface area (TPSA) is 59.1 Å². The predicted molar refractivity (Wildman–Crippen MR) is 116 cm³/mol. The number of carbonyl (C=O) groups excluding carboxylic acids is 2. The van der Waals surface area contributed by atoms with Crippen LogP contribution < -0.4 is 9.64 Å². The lowest BCUT2D eigenvalue weighted by atomic mass is 10.0. The minimum atomic E-state index is -0.351. The summed E-state index contributed by atoms with van der Waals surface area (Å²) in [6.07, 6.45) is 0. The van der Waals surface area contributed by atoms with E-state index in [0.717, 1.165) is 5.56 Å². The van der Waals surface area contributed by atoms with E-state index >= 15 is 0 Å². The summed E-state index contributed by atoms with van der Waals surface area (Å²) in [5, 5.41) is 0.471. The number of carbonyl (C=O) groups is 2. The minimum absolute atomic E-state index is 0.337. The van der Waals surface area contributed by atoms with Gasteiger partial charge in [-0.1, -0.05) is 29.8 Å². The normalized spacial score (nSPS) is 17.2. The fourth-order valence-corrected chi connectivity index (χ4v) is 3.95. The first-order valence-corrected chi connectivity index (χ1v) is 10.3. The van der Waals surface area contributed by atoms with Gasteiger partial charge in [0.25, 0.3) is 11.8 Å². The van der Waals surface area contributed by atoms with Crippen LogP contribution in [-0.2, 0) is 14.3 Å². The molecule has 0 radical (unpaired) electrons. The maximum absolute atomic E-state index is 13.6. The number of rotatable bonds is 5. The van der Waals surface area contributed by atoms with Crippen LogP contribution >= 0.6 is 11.6 Å². The quantitative estimate of drug-likeness (QED) is 0.683. The monoisotopic (exact) mass is 426 g/mol. The molecule has 2 aromatic rings. The van der Waals surface area contributed by atoms with Crippen molar-refractivity contribution in [2.24, 2.45) is 0 Å². The molecule has 0 aliphatic carbocycles. The molecule has 30 heavy (non-hydrogen) atoms. The van der Waals surface area contributed by atoms with Crippen LogP contribution in [0.2, 0.25) is 5.02 Å². The summed E-state index contributed by atoms with van der Waals surface area (Å²) >= 11 is 6.17. The fraction of sp³-hybridized carbons (Fsp3) is 0.304. The Kier molecular flexibility index (Phi) is 5.79. The highest BCUT2D eigenvalue weighted by Crippen LogP contribution is 2.37. The third-order valence-electron chi connectivity index (χ3n) is 5.25. The van der Waals surface area contributed by atoms with Crippen molar-refractivity contribution in [3.8, 4) is 5.75 Å². The maximum Gasteiger partial charge on any atom is 0.282 e. The van der Waals surface area contributed by atoms with Crippen LogP contribution in [0.25, 0.3) is 5.57 Å². The van der Waals surface area contributed by atoms with Crippen LogP contribution in [0.5, 0.6) is 5.75 Å². The summed E-state index contributed by atoms with van der Waals surface area (Å²) in [4.78, 5) is 30.3. The van der Waals surface area contributed by atoms with Crippen LogP contribution in [-0.4, -0.2) is 49.6 Å². The van der Waals surface area contributed by atoms with Crippen molar-refractivity contribution >= 4 is 34.7 Å². The van der Waals surface area contributed by atoms with Crippen molar-refractivity contribution in [2.75, 3.05) is 37.8 Å². The molecule has 2 aliphatic heterocycles. The Morgan fingerprint density at radius 3 is 2.40 bits per heavy atom. The van der Waals surface area contributed by atoms with Crippen molar-refractivity contribution in [2.45, 2.75) is 13.8 Å². The van der Waals surface area contributed by atoms with Crippen LogP contribution in [0.4, 0.5) is 5.69 Å². The lowest BCUT2D eigenvalue weighted by Gasteiger charge is -2.29. The smallest absolute Gasteiger partial charge is 0.282 e. The van der Waals surface area contributed by atoms with E-state index < -0.39 is 0 Å². The molecule has 1 fully saturated rings. The molecule has 2 heterocycles. The Morgan fingerprint density at radius 1 is 1.03 bits per heavy atom. The molecule has 2 aromatic carbocycles. The number of imide groups is 1. The Hall–Kier alpha value is -2.83. The molecule has 0 aromatic heterocycles. The molecule has 0 unspecified atom stereocenters. The molecule has 4 rings (SSSR count). The van der Waals surface area contributed by atoms with Crippen molar-refractivity contribution in [3.63, 3.8) is 0 Å². The number of hydrogen-bond acceptors (Lipinski definition) is 5. The van der Waals surface area contributed by atoms with Gasteiger partial charge in [0.05, 0.1) is 31.1 Å². The molecule has 1 saturated heterocycles. The summed E-state index contributed by atoms with van der Waals surface area (Å²) in [7, 11) is 0. The van der Waals surface area contributed by atoms with Gasteiger partial charge in [0.2, 0.25) is 0 Å². The zero-order chi connectivity index (χ0) is 21.3. The van der Waals surface area contributed by atoms with Gasteiger partial charge in [-0.05, 0) is 49.2 Å². The second-order valence-corrected chi connectivity index (χ2v) is 7.59. The van der Waals surface area contributed by atoms with Gasteiger partial charge in [-0.15, -0.1) is 0 Å². The SMILES string of the molecule is CCOc1ccc(C2=C(N3CCOCC3)C(=O)N(c3cc(Cl)ccc3C)C2=O)cc1. The molecule has 0 spiro atoms. The lowest BCUT2D eigenvalue weighted by molar-refractivity contribution is -0.121. The number of aryl methyl sites for hydroxylation is 1. The van der Waals surface area contributed by atoms with Gasteiger partial charge < -0.3 is 14.4 Å². The first kappa shape index (κ1) is 20.4. The molecular formula is C23H23ClN2O4. The highest BCUT2D eigenvalue weighted by Gasteiger charge is 2.43. The average Bonchev–Trinajstić information content (AvgIpc) is 3.01. The fourth-order valence-electron chi connectivity index (χ4n) is 3.79. The van der Waals surface area contributed by atoms with Crippen LogP contribution in [0.1, 0.15) is 18.1 Å². The number of hydrogen-bond donors (Lipinski definition) is 0. The number of morpholine rings is 1.